The third kappa shape index (κ3) is 3.55. The lowest BCUT2D eigenvalue weighted by atomic mass is 10.0. The normalized spacial score (nSPS) is 22.2. The van der Waals surface area contributed by atoms with E-state index in [1.165, 1.54) is 6.92 Å². The predicted octanol–water partition coefficient (Wildman–Crippen LogP) is 3.94. The van der Waals surface area contributed by atoms with Crippen molar-refractivity contribution >= 4 is 16.6 Å². The first-order chi connectivity index (χ1) is 12.3. The minimum Gasteiger partial charge on any atom is -0.379 e. The Bertz CT molecular complexity index is 910. The highest BCUT2D eigenvalue weighted by Gasteiger charge is 2.41. The van der Waals surface area contributed by atoms with Crippen molar-refractivity contribution in [1.29, 1.82) is 5.26 Å². The van der Waals surface area contributed by atoms with E-state index >= 15 is 0 Å². The number of rotatable bonds is 5. The second kappa shape index (κ2) is 6.80. The maximum absolute atomic E-state index is 14.3. The first-order valence-electron chi connectivity index (χ1n) is 8.62. The van der Waals surface area contributed by atoms with Crippen molar-refractivity contribution < 1.29 is 4.39 Å². The summed E-state index contributed by atoms with van der Waals surface area (Å²) in [5.74, 6) is 0. The molecule has 2 heterocycles. The Morgan fingerprint density at radius 2 is 2.23 bits per heavy atom. The minimum atomic E-state index is -1.36. The van der Waals surface area contributed by atoms with Crippen LogP contribution in [-0.4, -0.2) is 34.7 Å². The van der Waals surface area contributed by atoms with E-state index in [1.807, 2.05) is 25.1 Å². The molecule has 0 radical (unpaired) electrons. The van der Waals surface area contributed by atoms with Crippen LogP contribution in [0.1, 0.15) is 24.5 Å². The number of aryl methyl sites for hydroxylation is 1. The Balaban J connectivity index is 1.73. The number of aromatic nitrogens is 1. The van der Waals surface area contributed by atoms with Crippen LogP contribution in [0.25, 0.3) is 16.6 Å². The topological polar surface area (TPSA) is 52.0 Å². The zero-order chi connectivity index (χ0) is 18.9. The molecule has 2 aromatic rings. The number of benzene rings is 1. The number of nitrogens with zero attached hydrogens (tertiary/aromatic N) is 3. The van der Waals surface area contributed by atoms with Gasteiger partial charge in [0.15, 0.2) is 0 Å². The molecule has 0 bridgehead atoms. The van der Waals surface area contributed by atoms with Gasteiger partial charge in [0.1, 0.15) is 11.7 Å². The van der Waals surface area contributed by atoms with Crippen molar-refractivity contribution in [2.24, 2.45) is 0 Å². The van der Waals surface area contributed by atoms with Crippen molar-refractivity contribution in [3.8, 4) is 6.07 Å². The van der Waals surface area contributed by atoms with Gasteiger partial charge in [0.2, 0.25) is 0 Å². The highest BCUT2D eigenvalue weighted by Crippen LogP contribution is 2.32. The molecule has 134 valence electrons. The molecule has 0 spiro atoms. The molecule has 0 aliphatic carbocycles. The lowest BCUT2D eigenvalue weighted by Crippen LogP contribution is -2.33. The van der Waals surface area contributed by atoms with Crippen molar-refractivity contribution in [3.63, 3.8) is 0 Å². The Morgan fingerprint density at radius 1 is 1.46 bits per heavy atom. The second-order valence-corrected chi connectivity index (χ2v) is 7.17. The molecule has 1 aliphatic rings. The van der Waals surface area contributed by atoms with E-state index in [0.29, 0.717) is 12.2 Å². The monoisotopic (exact) mass is 350 g/mol. The number of nitrogens with one attached hydrogen (secondary N) is 1. The van der Waals surface area contributed by atoms with Gasteiger partial charge < -0.3 is 10.2 Å². The van der Waals surface area contributed by atoms with Gasteiger partial charge in [0, 0.05) is 35.0 Å². The lowest BCUT2D eigenvalue weighted by Gasteiger charge is -2.25. The molecule has 4 nitrogen and oxygen atoms in total. The van der Waals surface area contributed by atoms with Crippen LogP contribution in [0.4, 0.5) is 4.39 Å². The fourth-order valence-corrected chi connectivity index (χ4v) is 3.42. The third-order valence-electron chi connectivity index (χ3n) is 4.78. The zero-order valence-electron chi connectivity index (χ0n) is 15.2. The first kappa shape index (κ1) is 17.9. The quantitative estimate of drug-likeness (QED) is 0.887. The maximum atomic E-state index is 14.3. The predicted molar refractivity (Wildman–Crippen MR) is 103 cm³/mol. The molecule has 3 rings (SSSR count). The summed E-state index contributed by atoms with van der Waals surface area (Å²) in [6, 6.07) is 9.72. The molecule has 1 fully saturated rings. The summed E-state index contributed by atoms with van der Waals surface area (Å²) in [6.45, 7) is 12.3. The number of halogens is 1. The highest BCUT2D eigenvalue weighted by atomic mass is 19.1. The second-order valence-electron chi connectivity index (χ2n) is 7.17. The van der Waals surface area contributed by atoms with Gasteiger partial charge >= 0.3 is 0 Å². The number of likely N-dealkylation sites (tertiary alicyclic amines) is 1. The molecule has 1 saturated heterocycles. The Kier molecular flexibility index (Phi) is 4.69. The van der Waals surface area contributed by atoms with E-state index < -0.39 is 11.7 Å². The summed E-state index contributed by atoms with van der Waals surface area (Å²) in [6.07, 6.45) is 1.97. The minimum absolute atomic E-state index is 0.190. The Morgan fingerprint density at radius 3 is 2.96 bits per heavy atom. The molecule has 2 atom stereocenters. The van der Waals surface area contributed by atoms with Crippen LogP contribution < -0.4 is 5.32 Å². The molecule has 1 aromatic heterocycles. The smallest absolute Gasteiger partial charge is 0.128 e. The molecular weight excluding hydrogens is 327 g/mol. The molecule has 2 unspecified atom stereocenters. The summed E-state index contributed by atoms with van der Waals surface area (Å²) < 4.78 is 14.3. The standard InChI is InChI=1S/C21H23FN4/c1-14-5-6-20-19(9-14)18(7-8-24-20)16(3)25-12-15(2)26-13-21(4,22)10-17(26)11-23/h5-9,17,25H,2-3,10,12-13H2,1,4H3. The van der Waals surface area contributed by atoms with E-state index in [9.17, 15) is 9.65 Å². The number of pyridine rings is 1. The van der Waals surface area contributed by atoms with Gasteiger partial charge in [-0.3, -0.25) is 4.98 Å². The van der Waals surface area contributed by atoms with Crippen LogP contribution in [0, 0.1) is 18.3 Å². The van der Waals surface area contributed by atoms with Gasteiger partial charge in [-0.05, 0) is 32.0 Å². The highest BCUT2D eigenvalue weighted by molar-refractivity contribution is 5.91. The largest absolute Gasteiger partial charge is 0.379 e. The number of hydrogen-bond donors (Lipinski definition) is 1. The van der Waals surface area contributed by atoms with Crippen LogP contribution in [0.2, 0.25) is 0 Å². The van der Waals surface area contributed by atoms with E-state index in [2.05, 4.69) is 35.6 Å². The summed E-state index contributed by atoms with van der Waals surface area (Å²) in [4.78, 5) is 6.13. The van der Waals surface area contributed by atoms with Gasteiger partial charge in [-0.1, -0.05) is 24.8 Å². The summed E-state index contributed by atoms with van der Waals surface area (Å²) in [7, 11) is 0. The Labute approximate surface area is 153 Å². The summed E-state index contributed by atoms with van der Waals surface area (Å²) in [5.41, 5.74) is 3.11. The van der Waals surface area contributed by atoms with Crippen molar-refractivity contribution in [3.05, 3.63) is 60.4 Å². The van der Waals surface area contributed by atoms with E-state index in [-0.39, 0.29) is 13.0 Å². The zero-order valence-corrected chi connectivity index (χ0v) is 15.2. The van der Waals surface area contributed by atoms with E-state index in [1.54, 1.807) is 11.1 Å². The van der Waals surface area contributed by atoms with E-state index in [4.69, 9.17) is 0 Å². The molecule has 1 N–H and O–H groups in total. The van der Waals surface area contributed by atoms with Gasteiger partial charge in [0.05, 0.1) is 24.7 Å². The number of alkyl halides is 1. The first-order valence-corrected chi connectivity index (χ1v) is 8.62. The summed E-state index contributed by atoms with van der Waals surface area (Å²) >= 11 is 0. The van der Waals surface area contributed by atoms with Crippen molar-refractivity contribution in [2.75, 3.05) is 13.1 Å². The summed E-state index contributed by atoms with van der Waals surface area (Å²) in [5, 5.41) is 13.6. The molecule has 0 amide bonds. The molecule has 1 aliphatic heterocycles. The lowest BCUT2D eigenvalue weighted by molar-refractivity contribution is 0.199. The third-order valence-corrected chi connectivity index (χ3v) is 4.78. The molecule has 1 aromatic carbocycles. The SMILES string of the molecule is C=C(NCC(=C)N1CC(C)(F)CC1C#N)c1ccnc2ccc(C)cc12. The average Bonchev–Trinajstić information content (AvgIpc) is 2.93. The Hall–Kier alpha value is -2.87. The van der Waals surface area contributed by atoms with Gasteiger partial charge in [0.25, 0.3) is 0 Å². The molecule has 5 heteroatoms. The fourth-order valence-electron chi connectivity index (χ4n) is 3.42. The van der Waals surface area contributed by atoms with E-state index in [0.717, 1.165) is 27.7 Å². The van der Waals surface area contributed by atoms with Crippen molar-refractivity contribution in [2.45, 2.75) is 32.0 Å². The molecule has 26 heavy (non-hydrogen) atoms. The number of hydrogen-bond acceptors (Lipinski definition) is 4. The van der Waals surface area contributed by atoms with Crippen molar-refractivity contribution in [1.82, 2.24) is 15.2 Å². The average molecular weight is 350 g/mol. The van der Waals surface area contributed by atoms with Crippen LogP contribution in [0.3, 0.4) is 0 Å². The molecular formula is C21H23FN4. The molecule has 0 saturated carbocycles. The van der Waals surface area contributed by atoms with Gasteiger partial charge in [-0.2, -0.15) is 5.26 Å². The fraction of sp³-hybridized carbons (Fsp3) is 0.333. The van der Waals surface area contributed by atoms with Crippen LogP contribution in [0.15, 0.2) is 49.3 Å². The van der Waals surface area contributed by atoms with Crippen LogP contribution >= 0.6 is 0 Å². The van der Waals surface area contributed by atoms with Crippen LogP contribution in [-0.2, 0) is 0 Å². The number of nitriles is 1. The maximum Gasteiger partial charge on any atom is 0.128 e. The van der Waals surface area contributed by atoms with Crippen LogP contribution in [0.5, 0.6) is 0 Å². The number of fused-ring (bicyclic) bond motifs is 1. The van der Waals surface area contributed by atoms with Gasteiger partial charge in [-0.25, -0.2) is 4.39 Å². The van der Waals surface area contributed by atoms with Gasteiger partial charge in [-0.15, -0.1) is 0 Å².